The quantitative estimate of drug-likeness (QED) is 0.751. The number of hydrogen-bond acceptors (Lipinski definition) is 4. The van der Waals surface area contributed by atoms with Crippen LogP contribution in [0.4, 0.5) is 5.69 Å². The number of carbonyl (C=O) groups is 1. The molecule has 92 valence electrons. The number of hydrogen-bond donors (Lipinski definition) is 2. The summed E-state index contributed by atoms with van der Waals surface area (Å²) in [7, 11) is 1.57. The molecule has 1 aromatic rings. The largest absolute Gasteiger partial charge is 0.497 e. The van der Waals surface area contributed by atoms with E-state index in [0.29, 0.717) is 24.3 Å². The lowest BCUT2D eigenvalue weighted by atomic mass is 10.2. The Labute approximate surface area is 99.2 Å². The number of methoxy groups -OCH3 is 1. The second-order valence-electron chi connectivity index (χ2n) is 3.98. The van der Waals surface area contributed by atoms with E-state index in [1.54, 1.807) is 31.4 Å². The average molecular weight is 237 g/mol. The summed E-state index contributed by atoms with van der Waals surface area (Å²) in [6.07, 6.45) is -0.708. The number of nitrogens with zero attached hydrogens (tertiary/aromatic N) is 1. The SMILES string of the molecule is COc1ccc(N2C(=O)CCC2C(O)O)cc1. The minimum atomic E-state index is -1.51. The molecular weight excluding hydrogens is 222 g/mol. The molecule has 1 heterocycles. The third-order valence-electron chi connectivity index (χ3n) is 2.95. The maximum Gasteiger partial charge on any atom is 0.227 e. The fraction of sp³-hybridized carbons (Fsp3) is 0.417. The highest BCUT2D eigenvalue weighted by Crippen LogP contribution is 2.29. The van der Waals surface area contributed by atoms with Crippen LogP contribution in [-0.4, -0.2) is 35.6 Å². The molecule has 0 aromatic heterocycles. The Bertz CT molecular complexity index is 401. The van der Waals surface area contributed by atoms with E-state index < -0.39 is 12.3 Å². The molecule has 0 radical (unpaired) electrons. The van der Waals surface area contributed by atoms with Crippen molar-refractivity contribution in [1.82, 2.24) is 0 Å². The summed E-state index contributed by atoms with van der Waals surface area (Å²) in [4.78, 5) is 13.2. The van der Waals surface area contributed by atoms with Gasteiger partial charge < -0.3 is 19.8 Å². The highest BCUT2D eigenvalue weighted by molar-refractivity contribution is 5.96. The summed E-state index contributed by atoms with van der Waals surface area (Å²) in [6, 6.07) is 6.38. The van der Waals surface area contributed by atoms with Gasteiger partial charge in [0.1, 0.15) is 5.75 Å². The number of carbonyl (C=O) groups excluding carboxylic acids is 1. The topological polar surface area (TPSA) is 70.0 Å². The van der Waals surface area contributed by atoms with Crippen molar-refractivity contribution in [2.45, 2.75) is 25.2 Å². The van der Waals surface area contributed by atoms with Crippen LogP contribution in [0.15, 0.2) is 24.3 Å². The lowest BCUT2D eigenvalue weighted by Gasteiger charge is -2.26. The van der Waals surface area contributed by atoms with Gasteiger partial charge in [-0.25, -0.2) is 0 Å². The van der Waals surface area contributed by atoms with Crippen LogP contribution >= 0.6 is 0 Å². The first-order chi connectivity index (χ1) is 8.13. The third-order valence-corrected chi connectivity index (χ3v) is 2.95. The molecule has 1 unspecified atom stereocenters. The van der Waals surface area contributed by atoms with Crippen LogP contribution in [0.3, 0.4) is 0 Å². The molecule has 1 aliphatic heterocycles. The third kappa shape index (κ3) is 2.25. The van der Waals surface area contributed by atoms with Gasteiger partial charge in [-0.1, -0.05) is 0 Å². The Hall–Kier alpha value is -1.59. The maximum atomic E-state index is 11.7. The zero-order valence-electron chi connectivity index (χ0n) is 9.54. The fourth-order valence-electron chi connectivity index (χ4n) is 2.07. The Morgan fingerprint density at radius 3 is 2.53 bits per heavy atom. The van der Waals surface area contributed by atoms with Crippen molar-refractivity contribution in [3.63, 3.8) is 0 Å². The molecule has 1 aliphatic rings. The number of amides is 1. The summed E-state index contributed by atoms with van der Waals surface area (Å²) >= 11 is 0. The van der Waals surface area contributed by atoms with Gasteiger partial charge in [-0.05, 0) is 30.7 Å². The minimum absolute atomic E-state index is 0.0896. The van der Waals surface area contributed by atoms with Crippen LogP contribution in [0.1, 0.15) is 12.8 Å². The number of rotatable bonds is 3. The van der Waals surface area contributed by atoms with Gasteiger partial charge in [-0.3, -0.25) is 4.79 Å². The van der Waals surface area contributed by atoms with E-state index in [4.69, 9.17) is 4.74 Å². The van der Waals surface area contributed by atoms with Crippen LogP contribution < -0.4 is 9.64 Å². The van der Waals surface area contributed by atoms with Crippen molar-refractivity contribution in [3.8, 4) is 5.75 Å². The molecule has 1 atom stereocenters. The van der Waals surface area contributed by atoms with Gasteiger partial charge in [0.15, 0.2) is 6.29 Å². The first-order valence-electron chi connectivity index (χ1n) is 5.45. The number of aliphatic hydroxyl groups is 2. The van der Waals surface area contributed by atoms with Crippen molar-refractivity contribution in [2.24, 2.45) is 0 Å². The number of ether oxygens (including phenoxy) is 1. The molecule has 2 rings (SSSR count). The Balaban J connectivity index is 2.26. The molecule has 17 heavy (non-hydrogen) atoms. The molecule has 0 saturated carbocycles. The Morgan fingerprint density at radius 2 is 2.00 bits per heavy atom. The molecular formula is C12H15NO4. The standard InChI is InChI=1S/C12H15NO4/c1-17-9-4-2-8(3-5-9)13-10(12(15)16)6-7-11(13)14/h2-5,10,12,15-16H,6-7H2,1H3. The van der Waals surface area contributed by atoms with Crippen LogP contribution in [0.25, 0.3) is 0 Å². The molecule has 1 saturated heterocycles. The summed E-state index contributed by atoms with van der Waals surface area (Å²) in [6.45, 7) is 0. The first-order valence-corrected chi connectivity index (χ1v) is 5.45. The van der Waals surface area contributed by atoms with Crippen molar-refractivity contribution in [2.75, 3.05) is 12.0 Å². The molecule has 0 bridgehead atoms. The van der Waals surface area contributed by atoms with E-state index in [-0.39, 0.29) is 5.91 Å². The predicted octanol–water partition coefficient (Wildman–Crippen LogP) is 0.501. The van der Waals surface area contributed by atoms with Gasteiger partial charge in [0.05, 0.1) is 13.2 Å². The predicted molar refractivity (Wildman–Crippen MR) is 61.7 cm³/mol. The lowest BCUT2D eigenvalue weighted by Crippen LogP contribution is -2.41. The first kappa shape index (κ1) is 11.9. The van der Waals surface area contributed by atoms with Crippen LogP contribution in [0, 0.1) is 0 Å². The van der Waals surface area contributed by atoms with Gasteiger partial charge in [-0.15, -0.1) is 0 Å². The molecule has 0 aliphatic carbocycles. The molecule has 2 N–H and O–H groups in total. The van der Waals surface area contributed by atoms with E-state index >= 15 is 0 Å². The smallest absolute Gasteiger partial charge is 0.227 e. The summed E-state index contributed by atoms with van der Waals surface area (Å²) in [5, 5.41) is 18.5. The number of benzene rings is 1. The summed E-state index contributed by atoms with van der Waals surface area (Å²) in [5.41, 5.74) is 0.659. The van der Waals surface area contributed by atoms with Gasteiger partial charge in [-0.2, -0.15) is 0 Å². The van der Waals surface area contributed by atoms with Gasteiger partial charge in [0.2, 0.25) is 5.91 Å². The number of anilines is 1. The molecule has 1 fully saturated rings. The molecule has 5 heteroatoms. The van der Waals surface area contributed by atoms with Crippen LogP contribution in [0.5, 0.6) is 5.75 Å². The molecule has 5 nitrogen and oxygen atoms in total. The molecule has 1 aromatic carbocycles. The zero-order chi connectivity index (χ0) is 12.4. The van der Waals surface area contributed by atoms with Crippen LogP contribution in [-0.2, 0) is 4.79 Å². The summed E-state index contributed by atoms with van der Waals surface area (Å²) < 4.78 is 5.03. The maximum absolute atomic E-state index is 11.7. The minimum Gasteiger partial charge on any atom is -0.497 e. The fourth-order valence-corrected chi connectivity index (χ4v) is 2.07. The Kier molecular flexibility index (Phi) is 3.31. The van der Waals surface area contributed by atoms with Gasteiger partial charge in [0, 0.05) is 12.1 Å². The summed E-state index contributed by atoms with van der Waals surface area (Å²) in [5.74, 6) is 0.606. The van der Waals surface area contributed by atoms with Gasteiger partial charge >= 0.3 is 0 Å². The van der Waals surface area contributed by atoms with E-state index in [1.165, 1.54) is 4.90 Å². The normalized spacial score (nSPS) is 20.1. The molecule has 1 amide bonds. The van der Waals surface area contributed by atoms with E-state index in [0.717, 1.165) is 0 Å². The second-order valence-corrected chi connectivity index (χ2v) is 3.98. The highest BCUT2D eigenvalue weighted by Gasteiger charge is 2.36. The lowest BCUT2D eigenvalue weighted by molar-refractivity contribution is -0.118. The van der Waals surface area contributed by atoms with Crippen molar-refractivity contribution >= 4 is 11.6 Å². The van der Waals surface area contributed by atoms with Crippen molar-refractivity contribution in [3.05, 3.63) is 24.3 Å². The zero-order valence-corrected chi connectivity index (χ0v) is 9.54. The van der Waals surface area contributed by atoms with E-state index in [9.17, 15) is 15.0 Å². The van der Waals surface area contributed by atoms with Crippen molar-refractivity contribution in [1.29, 1.82) is 0 Å². The highest BCUT2D eigenvalue weighted by atomic mass is 16.5. The van der Waals surface area contributed by atoms with Gasteiger partial charge in [0.25, 0.3) is 0 Å². The average Bonchev–Trinajstić information content (AvgIpc) is 2.71. The van der Waals surface area contributed by atoms with Crippen molar-refractivity contribution < 1.29 is 19.7 Å². The van der Waals surface area contributed by atoms with E-state index in [1.807, 2.05) is 0 Å². The molecule has 0 spiro atoms. The van der Waals surface area contributed by atoms with Crippen LogP contribution in [0.2, 0.25) is 0 Å². The number of aliphatic hydroxyl groups excluding tert-OH is 1. The monoisotopic (exact) mass is 237 g/mol. The van der Waals surface area contributed by atoms with E-state index in [2.05, 4.69) is 0 Å². The Morgan fingerprint density at radius 1 is 1.35 bits per heavy atom. The second kappa shape index (κ2) is 4.73.